The molecule has 7 nitrogen and oxygen atoms in total. The van der Waals surface area contributed by atoms with Gasteiger partial charge >= 0.3 is 5.97 Å². The van der Waals surface area contributed by atoms with Crippen molar-refractivity contribution in [3.8, 4) is 0 Å². The van der Waals surface area contributed by atoms with Crippen molar-refractivity contribution in [1.29, 1.82) is 0 Å². The Morgan fingerprint density at radius 3 is 2.67 bits per heavy atom. The van der Waals surface area contributed by atoms with Crippen LogP contribution in [-0.2, 0) is 14.9 Å². The zero-order valence-corrected chi connectivity index (χ0v) is 17.4. The lowest BCUT2D eigenvalue weighted by molar-refractivity contribution is -0.153. The molecule has 1 aromatic heterocycles. The highest BCUT2D eigenvalue weighted by Gasteiger charge is 2.47. The number of aromatic nitrogens is 2. The molecule has 1 aliphatic carbocycles. The molecule has 156 valence electrons. The number of anilines is 1. The van der Waals surface area contributed by atoms with Gasteiger partial charge in [0.05, 0.1) is 17.5 Å². The lowest BCUT2D eigenvalue weighted by Gasteiger charge is -2.39. The van der Waals surface area contributed by atoms with E-state index in [1.807, 2.05) is 26.0 Å². The smallest absolute Gasteiger partial charge is 0.316 e. The molecule has 0 atom stereocenters. The summed E-state index contributed by atoms with van der Waals surface area (Å²) in [7, 11) is 0. The van der Waals surface area contributed by atoms with Gasteiger partial charge in [0.2, 0.25) is 5.95 Å². The van der Waals surface area contributed by atoms with Crippen molar-refractivity contribution in [2.75, 3.05) is 25.4 Å². The van der Waals surface area contributed by atoms with Crippen molar-refractivity contribution in [2.24, 2.45) is 0 Å². The summed E-state index contributed by atoms with van der Waals surface area (Å²) in [5.74, 6) is -0.369. The fourth-order valence-electron chi connectivity index (χ4n) is 4.33. The number of benzene rings is 1. The second-order valence-corrected chi connectivity index (χ2v) is 7.99. The molecule has 1 aromatic carbocycles. The van der Waals surface area contributed by atoms with E-state index in [0.717, 1.165) is 36.0 Å². The monoisotopic (exact) mass is 406 g/mol. The zero-order chi connectivity index (χ0) is 21.5. The second-order valence-electron chi connectivity index (χ2n) is 7.99. The Balaban J connectivity index is 1.77. The average Bonchev–Trinajstić information content (AvgIpc) is 3.07. The molecule has 1 amide bonds. The molecular weight excluding hydrogens is 380 g/mol. The molecule has 2 heterocycles. The van der Waals surface area contributed by atoms with Gasteiger partial charge in [-0.15, -0.1) is 0 Å². The Labute approximate surface area is 175 Å². The number of nitrogens with two attached hydrogens (primary N) is 1. The first-order chi connectivity index (χ1) is 14.4. The van der Waals surface area contributed by atoms with E-state index in [4.69, 9.17) is 10.5 Å². The number of hydrogen-bond donors (Lipinski definition) is 1. The summed E-state index contributed by atoms with van der Waals surface area (Å²) >= 11 is 0. The number of hydrogen-bond acceptors (Lipinski definition) is 6. The lowest BCUT2D eigenvalue weighted by Crippen LogP contribution is -2.43. The van der Waals surface area contributed by atoms with Crippen molar-refractivity contribution < 1.29 is 14.3 Å². The van der Waals surface area contributed by atoms with Gasteiger partial charge in [0.25, 0.3) is 5.91 Å². The molecule has 2 aromatic rings. The van der Waals surface area contributed by atoms with E-state index in [-0.39, 0.29) is 23.5 Å². The van der Waals surface area contributed by atoms with Crippen LogP contribution in [0.5, 0.6) is 0 Å². The summed E-state index contributed by atoms with van der Waals surface area (Å²) in [6, 6.07) is 5.56. The van der Waals surface area contributed by atoms with Crippen LogP contribution in [0.15, 0.2) is 42.0 Å². The zero-order valence-electron chi connectivity index (χ0n) is 17.4. The molecule has 1 saturated carbocycles. The van der Waals surface area contributed by atoms with Gasteiger partial charge in [-0.05, 0) is 55.5 Å². The highest BCUT2D eigenvalue weighted by atomic mass is 16.5. The molecule has 2 aliphatic rings. The minimum atomic E-state index is -0.659. The average molecular weight is 406 g/mol. The third-order valence-electron chi connectivity index (χ3n) is 6.21. The minimum Gasteiger partial charge on any atom is -0.465 e. The van der Waals surface area contributed by atoms with Gasteiger partial charge in [0.1, 0.15) is 5.69 Å². The number of fused-ring (bicyclic) bond motifs is 1. The van der Waals surface area contributed by atoms with Crippen LogP contribution >= 0.6 is 0 Å². The Morgan fingerprint density at radius 2 is 2.07 bits per heavy atom. The molecule has 30 heavy (non-hydrogen) atoms. The van der Waals surface area contributed by atoms with E-state index < -0.39 is 5.41 Å². The SMILES string of the molecule is C=CC1=C(C)CN(C(=O)c2nc(N)nc3ccc(C4(C(=O)OCC)CCC4)cc23)C1. The third-order valence-corrected chi connectivity index (χ3v) is 6.21. The lowest BCUT2D eigenvalue weighted by atomic mass is 9.64. The fraction of sp³-hybridized carbons (Fsp3) is 0.391. The number of carbonyl (C=O) groups excluding carboxylic acids is 2. The van der Waals surface area contributed by atoms with Crippen LogP contribution in [0, 0.1) is 0 Å². The van der Waals surface area contributed by atoms with Crippen LogP contribution in [0.2, 0.25) is 0 Å². The molecule has 7 heteroatoms. The number of amides is 1. The minimum absolute atomic E-state index is 0.0511. The number of nitrogen functional groups attached to an aromatic ring is 1. The van der Waals surface area contributed by atoms with Crippen LogP contribution < -0.4 is 5.73 Å². The standard InChI is InChI=1S/C23H26N4O3/c1-4-15-13-27(12-14(15)3)20(28)19-17-11-16(7-8-18(17)25-22(24)26-19)23(9-6-10-23)21(29)30-5-2/h4,7-8,11H,1,5-6,9-10,12-13H2,2-3H3,(H2,24,25,26). The molecule has 0 radical (unpaired) electrons. The molecule has 2 N–H and O–H groups in total. The number of nitrogens with zero attached hydrogens (tertiary/aromatic N) is 3. The number of rotatable bonds is 5. The summed E-state index contributed by atoms with van der Waals surface area (Å²) in [6.07, 6.45) is 4.21. The van der Waals surface area contributed by atoms with Crippen LogP contribution in [0.3, 0.4) is 0 Å². The van der Waals surface area contributed by atoms with Gasteiger partial charge in [0.15, 0.2) is 0 Å². The predicted molar refractivity (Wildman–Crippen MR) is 115 cm³/mol. The van der Waals surface area contributed by atoms with Gasteiger partial charge in [-0.25, -0.2) is 9.97 Å². The van der Waals surface area contributed by atoms with Crippen molar-refractivity contribution in [3.05, 3.63) is 53.3 Å². The van der Waals surface area contributed by atoms with E-state index in [1.165, 1.54) is 0 Å². The second kappa shape index (κ2) is 7.55. The number of carbonyl (C=O) groups is 2. The highest BCUT2D eigenvalue weighted by Crippen LogP contribution is 2.45. The molecule has 4 rings (SSSR count). The van der Waals surface area contributed by atoms with Crippen molar-refractivity contribution in [3.63, 3.8) is 0 Å². The topological polar surface area (TPSA) is 98.4 Å². The predicted octanol–water partition coefficient (Wildman–Crippen LogP) is 3.16. The fourth-order valence-corrected chi connectivity index (χ4v) is 4.33. The molecule has 1 aliphatic heterocycles. The van der Waals surface area contributed by atoms with Gasteiger partial charge < -0.3 is 15.4 Å². The van der Waals surface area contributed by atoms with Crippen LogP contribution in [0.1, 0.15) is 49.2 Å². The summed E-state index contributed by atoms with van der Waals surface area (Å²) in [5.41, 5.74) is 9.08. The van der Waals surface area contributed by atoms with Crippen molar-refractivity contribution in [2.45, 2.75) is 38.5 Å². The van der Waals surface area contributed by atoms with Crippen molar-refractivity contribution in [1.82, 2.24) is 14.9 Å². The molecule has 0 bridgehead atoms. The van der Waals surface area contributed by atoms with Crippen LogP contribution in [0.4, 0.5) is 5.95 Å². The van der Waals surface area contributed by atoms with Gasteiger partial charge in [-0.2, -0.15) is 0 Å². The number of esters is 1. The summed E-state index contributed by atoms with van der Waals surface area (Å²) in [4.78, 5) is 36.3. The van der Waals surface area contributed by atoms with E-state index in [1.54, 1.807) is 17.0 Å². The van der Waals surface area contributed by atoms with E-state index in [9.17, 15) is 9.59 Å². The Morgan fingerprint density at radius 1 is 1.30 bits per heavy atom. The van der Waals surface area contributed by atoms with Crippen molar-refractivity contribution >= 4 is 28.7 Å². The Hall–Kier alpha value is -3.22. The van der Waals surface area contributed by atoms with Gasteiger partial charge in [-0.1, -0.05) is 25.1 Å². The van der Waals surface area contributed by atoms with E-state index in [0.29, 0.717) is 30.6 Å². The maximum atomic E-state index is 13.3. The maximum Gasteiger partial charge on any atom is 0.316 e. The molecule has 0 unspecified atom stereocenters. The molecule has 0 saturated heterocycles. The molecule has 0 spiro atoms. The third kappa shape index (κ3) is 3.14. The first kappa shape index (κ1) is 20.1. The maximum absolute atomic E-state index is 13.3. The Kier molecular flexibility index (Phi) is 5.05. The molecular formula is C23H26N4O3. The van der Waals surface area contributed by atoms with Crippen LogP contribution in [-0.4, -0.2) is 46.4 Å². The van der Waals surface area contributed by atoms with Gasteiger partial charge in [-0.3, -0.25) is 9.59 Å². The summed E-state index contributed by atoms with van der Waals surface area (Å²) < 4.78 is 5.35. The van der Waals surface area contributed by atoms with Gasteiger partial charge in [0, 0.05) is 18.5 Å². The first-order valence-electron chi connectivity index (χ1n) is 10.2. The largest absolute Gasteiger partial charge is 0.465 e. The summed E-state index contributed by atoms with van der Waals surface area (Å²) in [6.45, 7) is 8.98. The molecule has 1 fully saturated rings. The normalized spacial score (nSPS) is 17.7. The quantitative estimate of drug-likeness (QED) is 0.766. The first-order valence-corrected chi connectivity index (χ1v) is 10.2. The highest BCUT2D eigenvalue weighted by molar-refractivity contribution is 6.05. The van der Waals surface area contributed by atoms with Crippen LogP contribution in [0.25, 0.3) is 10.9 Å². The summed E-state index contributed by atoms with van der Waals surface area (Å²) in [5, 5.41) is 0.604. The van der Waals surface area contributed by atoms with E-state index in [2.05, 4.69) is 16.5 Å². The Bertz CT molecular complexity index is 1090. The van der Waals surface area contributed by atoms with E-state index >= 15 is 0 Å². The number of ether oxygens (including phenoxy) is 1.